The van der Waals surface area contributed by atoms with Gasteiger partial charge >= 0.3 is 63.3 Å². The number of carbonyl (C=O) groups is 2. The molecule has 0 radical (unpaired) electrons. The maximum atomic E-state index is 12.7. The van der Waals surface area contributed by atoms with Crippen molar-refractivity contribution in [1.82, 2.24) is 0 Å². The number of ether oxygens (including phenoxy) is 2. The first kappa shape index (κ1) is 40.2. The molecule has 0 aromatic heterocycles. The van der Waals surface area contributed by atoms with Gasteiger partial charge in [0.1, 0.15) is 10.1 Å². The molecule has 0 heterocycles. The standard InChI is InChI=1S/C32H50O7S.K/c1-3-5-7-9-11-13-15-17-19-21-25-38-31(33)29-24-23-28(40(35,36)37)27-30(29)32(34)39-26-22-20-18-16-14-12-10-8-6-4-2;/h17-20,23-24,27H,3-16,21-22,25-26H2,1-2H3,(H,35,36,37);/q;+1/p-1/b19-17+,20-18+;. The third kappa shape index (κ3) is 19.9. The topological polar surface area (TPSA) is 110 Å². The number of esters is 2. The van der Waals surface area contributed by atoms with Gasteiger partial charge in [-0.25, -0.2) is 18.0 Å². The molecule has 226 valence electrons. The molecular formula is C32H49KO7S. The van der Waals surface area contributed by atoms with Gasteiger partial charge < -0.3 is 14.0 Å². The van der Waals surface area contributed by atoms with E-state index in [1.807, 2.05) is 12.2 Å². The predicted octanol–water partition coefficient (Wildman–Crippen LogP) is 5.30. The predicted molar refractivity (Wildman–Crippen MR) is 158 cm³/mol. The number of hydrogen-bond acceptors (Lipinski definition) is 7. The third-order valence-corrected chi connectivity index (χ3v) is 7.37. The molecule has 0 aliphatic carbocycles. The largest absolute Gasteiger partial charge is 1.00 e. The summed E-state index contributed by atoms with van der Waals surface area (Å²) in [6.07, 6.45) is 25.8. The zero-order chi connectivity index (χ0) is 29.5. The summed E-state index contributed by atoms with van der Waals surface area (Å²) >= 11 is 0. The minimum absolute atomic E-state index is 0. The van der Waals surface area contributed by atoms with E-state index in [4.69, 9.17) is 9.47 Å². The van der Waals surface area contributed by atoms with E-state index in [0.29, 0.717) is 12.8 Å². The smallest absolute Gasteiger partial charge is 0.744 e. The van der Waals surface area contributed by atoms with Crippen LogP contribution in [-0.4, -0.2) is 38.1 Å². The fraction of sp³-hybridized carbons (Fsp3) is 0.625. The van der Waals surface area contributed by atoms with Gasteiger partial charge in [-0.05, 0) is 56.7 Å². The van der Waals surface area contributed by atoms with Gasteiger partial charge in [-0.3, -0.25) is 0 Å². The first-order chi connectivity index (χ1) is 19.3. The molecule has 0 saturated heterocycles. The molecular weight excluding hydrogens is 568 g/mol. The van der Waals surface area contributed by atoms with Gasteiger partial charge in [0.15, 0.2) is 0 Å². The molecule has 7 nitrogen and oxygen atoms in total. The maximum Gasteiger partial charge on any atom is 1.00 e. The molecule has 41 heavy (non-hydrogen) atoms. The summed E-state index contributed by atoms with van der Waals surface area (Å²) in [6, 6.07) is 3.01. The molecule has 0 unspecified atom stereocenters. The first-order valence-electron chi connectivity index (χ1n) is 15.0. The van der Waals surface area contributed by atoms with Crippen LogP contribution in [0, 0.1) is 0 Å². The Balaban J connectivity index is 0.0000160. The van der Waals surface area contributed by atoms with E-state index in [2.05, 4.69) is 26.0 Å². The molecule has 0 aliphatic heterocycles. The summed E-state index contributed by atoms with van der Waals surface area (Å²) in [7, 11) is -4.82. The van der Waals surface area contributed by atoms with Gasteiger partial charge in [0, 0.05) is 0 Å². The Kier molecular flexibility index (Phi) is 25.2. The van der Waals surface area contributed by atoms with Crippen molar-refractivity contribution in [2.75, 3.05) is 13.2 Å². The van der Waals surface area contributed by atoms with Crippen LogP contribution in [0.15, 0.2) is 47.4 Å². The van der Waals surface area contributed by atoms with E-state index in [1.165, 1.54) is 64.2 Å². The molecule has 0 N–H and O–H groups in total. The molecule has 0 saturated carbocycles. The fourth-order valence-corrected chi connectivity index (χ4v) is 4.67. The van der Waals surface area contributed by atoms with E-state index >= 15 is 0 Å². The zero-order valence-electron chi connectivity index (χ0n) is 25.5. The average molecular weight is 617 g/mol. The van der Waals surface area contributed by atoms with E-state index < -0.39 is 27.0 Å². The van der Waals surface area contributed by atoms with Crippen molar-refractivity contribution in [3.05, 3.63) is 53.6 Å². The second-order valence-corrected chi connectivity index (χ2v) is 11.4. The van der Waals surface area contributed by atoms with E-state index in [1.54, 1.807) is 0 Å². The average Bonchev–Trinajstić information content (AvgIpc) is 2.93. The summed E-state index contributed by atoms with van der Waals surface area (Å²) < 4.78 is 45.0. The summed E-state index contributed by atoms with van der Waals surface area (Å²) in [6.45, 7) is 4.58. The van der Waals surface area contributed by atoms with Crippen LogP contribution in [0.3, 0.4) is 0 Å². The van der Waals surface area contributed by atoms with Crippen molar-refractivity contribution in [2.24, 2.45) is 0 Å². The van der Waals surface area contributed by atoms with Gasteiger partial charge in [0.05, 0.1) is 29.2 Å². The SMILES string of the molecule is CCCCCCCC/C=C/CCOC(=O)c1ccc(S(=O)(=O)[O-])cc1C(=O)OCC/C=C/CCCCCCCC.[K+]. The number of carbonyl (C=O) groups excluding carboxylic acids is 2. The molecule has 1 rings (SSSR count). The number of hydrogen-bond donors (Lipinski definition) is 0. The van der Waals surface area contributed by atoms with E-state index in [9.17, 15) is 22.6 Å². The van der Waals surface area contributed by atoms with Crippen LogP contribution < -0.4 is 51.4 Å². The van der Waals surface area contributed by atoms with E-state index in [0.717, 1.165) is 43.9 Å². The Labute approximate surface area is 291 Å². The van der Waals surface area contributed by atoms with Crippen molar-refractivity contribution in [3.8, 4) is 0 Å². The Morgan fingerprint density at radius 1 is 0.659 bits per heavy atom. The van der Waals surface area contributed by atoms with Crippen molar-refractivity contribution in [1.29, 1.82) is 0 Å². The molecule has 0 aliphatic rings. The van der Waals surface area contributed by atoms with Crippen molar-refractivity contribution in [3.63, 3.8) is 0 Å². The van der Waals surface area contributed by atoms with Gasteiger partial charge in [0.2, 0.25) is 0 Å². The normalized spacial score (nSPS) is 11.6. The minimum atomic E-state index is -4.82. The molecule has 1 aromatic carbocycles. The Hall–Kier alpha value is -0.814. The number of rotatable bonds is 23. The quantitative estimate of drug-likeness (QED) is 0.0539. The minimum Gasteiger partial charge on any atom is -0.744 e. The van der Waals surface area contributed by atoms with Crippen molar-refractivity contribution in [2.45, 2.75) is 121 Å². The second-order valence-electron chi connectivity index (χ2n) is 10.1. The summed E-state index contributed by atoms with van der Waals surface area (Å²) in [5, 5.41) is 0. The van der Waals surface area contributed by atoms with Crippen molar-refractivity contribution >= 4 is 22.1 Å². The number of allylic oxidation sites excluding steroid dienone is 2. The van der Waals surface area contributed by atoms with Crippen LogP contribution in [0.2, 0.25) is 0 Å². The molecule has 0 amide bonds. The van der Waals surface area contributed by atoms with Crippen LogP contribution in [0.25, 0.3) is 0 Å². The Morgan fingerprint density at radius 2 is 1.07 bits per heavy atom. The van der Waals surface area contributed by atoms with Crippen LogP contribution in [0.4, 0.5) is 0 Å². The zero-order valence-corrected chi connectivity index (χ0v) is 29.5. The monoisotopic (exact) mass is 616 g/mol. The van der Waals surface area contributed by atoms with Gasteiger partial charge in [-0.2, -0.15) is 0 Å². The van der Waals surface area contributed by atoms with Crippen LogP contribution in [0.1, 0.15) is 137 Å². The molecule has 1 aromatic rings. The van der Waals surface area contributed by atoms with Gasteiger partial charge in [-0.15, -0.1) is 0 Å². The summed E-state index contributed by atoms with van der Waals surface area (Å²) in [5.74, 6) is -1.65. The first-order valence-corrected chi connectivity index (χ1v) is 16.5. The molecule has 0 atom stereocenters. The third-order valence-electron chi connectivity index (χ3n) is 6.54. The van der Waals surface area contributed by atoms with Gasteiger partial charge in [0.25, 0.3) is 0 Å². The Bertz CT molecular complexity index is 1020. The van der Waals surface area contributed by atoms with Crippen LogP contribution in [-0.2, 0) is 19.6 Å². The summed E-state index contributed by atoms with van der Waals surface area (Å²) in [5.41, 5.74) is -0.427. The maximum absolute atomic E-state index is 12.7. The molecule has 0 spiro atoms. The molecule has 0 bridgehead atoms. The summed E-state index contributed by atoms with van der Waals surface area (Å²) in [4.78, 5) is 24.8. The second kappa shape index (κ2) is 25.7. The van der Waals surface area contributed by atoms with Crippen molar-refractivity contribution < 1.29 is 83.4 Å². The van der Waals surface area contributed by atoms with Crippen LogP contribution in [0.5, 0.6) is 0 Å². The van der Waals surface area contributed by atoms with E-state index in [-0.39, 0.29) is 75.7 Å². The number of benzene rings is 1. The molecule has 9 heteroatoms. The Morgan fingerprint density at radius 3 is 1.54 bits per heavy atom. The van der Waals surface area contributed by atoms with Gasteiger partial charge in [-0.1, -0.05) is 102 Å². The fourth-order valence-electron chi connectivity index (χ4n) is 4.18. The van der Waals surface area contributed by atoms with Crippen LogP contribution >= 0.6 is 0 Å². The molecule has 0 fully saturated rings. The number of unbranched alkanes of at least 4 members (excludes halogenated alkanes) is 12.